The fraction of sp³-hybridized carbons (Fsp3) is 0.238. The molecule has 138 valence electrons. The van der Waals surface area contributed by atoms with Crippen LogP contribution in [0.1, 0.15) is 29.9 Å². The van der Waals surface area contributed by atoms with E-state index in [-0.39, 0.29) is 0 Å². The van der Waals surface area contributed by atoms with Crippen LogP contribution >= 0.6 is 11.3 Å². The molecule has 5 aromatic rings. The van der Waals surface area contributed by atoms with Gasteiger partial charge in [-0.05, 0) is 50.3 Å². The smallest absolute Gasteiger partial charge is 0.235 e. The van der Waals surface area contributed by atoms with Crippen LogP contribution in [0.3, 0.4) is 0 Å². The highest BCUT2D eigenvalue weighted by Gasteiger charge is 2.23. The van der Waals surface area contributed by atoms with Crippen molar-refractivity contribution in [2.75, 3.05) is 0 Å². The lowest BCUT2D eigenvalue weighted by Gasteiger charge is -2.19. The Morgan fingerprint density at radius 3 is 2.86 bits per heavy atom. The summed E-state index contributed by atoms with van der Waals surface area (Å²) >= 11 is 1.58. The number of furan rings is 1. The van der Waals surface area contributed by atoms with Gasteiger partial charge in [-0.15, -0.1) is 10.2 Å². The predicted octanol–water partition coefficient (Wildman–Crippen LogP) is 4.85. The van der Waals surface area contributed by atoms with Gasteiger partial charge in [0.05, 0.1) is 17.3 Å². The lowest BCUT2D eigenvalue weighted by Crippen LogP contribution is -2.08. The maximum Gasteiger partial charge on any atom is 0.235 e. The first-order valence-corrected chi connectivity index (χ1v) is 10.3. The number of hydrogen-bond donors (Lipinski definition) is 0. The van der Waals surface area contributed by atoms with Gasteiger partial charge in [0, 0.05) is 16.6 Å². The minimum atomic E-state index is 0.718. The Kier molecular flexibility index (Phi) is 3.40. The lowest BCUT2D eigenvalue weighted by molar-refractivity contribution is 0.535. The molecule has 6 rings (SSSR count). The van der Waals surface area contributed by atoms with E-state index in [4.69, 9.17) is 14.5 Å². The van der Waals surface area contributed by atoms with Gasteiger partial charge < -0.3 is 4.42 Å². The summed E-state index contributed by atoms with van der Waals surface area (Å²) in [7, 11) is 0. The number of aromatic nitrogens is 5. The van der Waals surface area contributed by atoms with E-state index >= 15 is 0 Å². The number of benzene rings is 1. The standard InChI is InChI=1S/C21H17N5OS/c1-12-13(10-11-27-12)19-23-24-21-26(19)25-20(28-21)18-14-6-2-4-8-16(14)22-17-9-5-3-7-15(17)18/h2,4,6,8,10-11H,3,5,7,9H2,1H3. The minimum absolute atomic E-state index is 0.718. The molecule has 0 N–H and O–H groups in total. The second-order valence-corrected chi connectivity index (χ2v) is 8.11. The molecule has 1 aromatic carbocycles. The van der Waals surface area contributed by atoms with Crippen LogP contribution in [0.5, 0.6) is 0 Å². The maximum absolute atomic E-state index is 5.45. The molecular weight excluding hydrogens is 370 g/mol. The molecule has 0 bridgehead atoms. The molecule has 4 heterocycles. The van der Waals surface area contributed by atoms with Crippen LogP contribution in [0, 0.1) is 6.92 Å². The van der Waals surface area contributed by atoms with Crippen molar-refractivity contribution in [1.82, 2.24) is 24.8 Å². The SMILES string of the molecule is Cc1occc1-c1nnc2sc(-c3c4c(nc5ccccc35)CCCC4)nn12. The van der Waals surface area contributed by atoms with Gasteiger partial charge >= 0.3 is 0 Å². The monoisotopic (exact) mass is 387 g/mol. The molecule has 1 aliphatic rings. The molecular formula is C21H17N5OS. The third kappa shape index (κ3) is 2.26. The quantitative estimate of drug-likeness (QED) is 0.433. The van der Waals surface area contributed by atoms with Gasteiger partial charge in [0.1, 0.15) is 10.8 Å². The van der Waals surface area contributed by atoms with Crippen molar-refractivity contribution in [3.63, 3.8) is 0 Å². The van der Waals surface area contributed by atoms with Crippen molar-refractivity contribution in [3.8, 4) is 22.0 Å². The Hall–Kier alpha value is -3.06. The first kappa shape index (κ1) is 15.9. The van der Waals surface area contributed by atoms with Crippen molar-refractivity contribution in [3.05, 3.63) is 53.6 Å². The first-order chi connectivity index (χ1) is 13.8. The largest absolute Gasteiger partial charge is 0.469 e. The van der Waals surface area contributed by atoms with Crippen molar-refractivity contribution in [2.24, 2.45) is 0 Å². The van der Waals surface area contributed by atoms with E-state index in [2.05, 4.69) is 28.4 Å². The molecule has 28 heavy (non-hydrogen) atoms. The van der Waals surface area contributed by atoms with Crippen LogP contribution in [0.25, 0.3) is 37.8 Å². The summed E-state index contributed by atoms with van der Waals surface area (Å²) in [6.45, 7) is 1.93. The Balaban J connectivity index is 1.63. The highest BCUT2D eigenvalue weighted by atomic mass is 32.1. The lowest BCUT2D eigenvalue weighted by atomic mass is 9.90. The van der Waals surface area contributed by atoms with Gasteiger partial charge in [-0.2, -0.15) is 9.61 Å². The zero-order chi connectivity index (χ0) is 18.7. The number of hydrogen-bond acceptors (Lipinski definition) is 6. The molecule has 0 amide bonds. The van der Waals surface area contributed by atoms with Crippen LogP contribution in [-0.2, 0) is 12.8 Å². The van der Waals surface area contributed by atoms with Crippen LogP contribution in [0.15, 0.2) is 41.0 Å². The Morgan fingerprint density at radius 2 is 1.96 bits per heavy atom. The molecule has 1 aliphatic carbocycles. The molecule has 4 aromatic heterocycles. The fourth-order valence-corrected chi connectivity index (χ4v) is 5.05. The highest BCUT2D eigenvalue weighted by Crippen LogP contribution is 2.39. The van der Waals surface area contributed by atoms with Gasteiger partial charge in [-0.1, -0.05) is 29.5 Å². The van der Waals surface area contributed by atoms with E-state index in [9.17, 15) is 0 Å². The highest BCUT2D eigenvalue weighted by molar-refractivity contribution is 7.20. The molecule has 0 saturated carbocycles. The van der Waals surface area contributed by atoms with E-state index in [1.165, 1.54) is 29.7 Å². The zero-order valence-corrected chi connectivity index (χ0v) is 16.2. The van der Waals surface area contributed by atoms with Gasteiger partial charge in [0.2, 0.25) is 4.96 Å². The van der Waals surface area contributed by atoms with Crippen LogP contribution < -0.4 is 0 Å². The van der Waals surface area contributed by atoms with Crippen molar-refractivity contribution < 1.29 is 4.42 Å². The third-order valence-electron chi connectivity index (χ3n) is 5.47. The van der Waals surface area contributed by atoms with Crippen LogP contribution in [0.4, 0.5) is 0 Å². The topological polar surface area (TPSA) is 69.1 Å². The number of fused-ring (bicyclic) bond motifs is 3. The fourth-order valence-electron chi connectivity index (χ4n) is 4.12. The Labute approximate surface area is 164 Å². The summed E-state index contributed by atoms with van der Waals surface area (Å²) in [6.07, 6.45) is 6.16. The molecule has 0 aliphatic heterocycles. The van der Waals surface area contributed by atoms with E-state index in [0.29, 0.717) is 0 Å². The van der Waals surface area contributed by atoms with Gasteiger partial charge in [-0.3, -0.25) is 4.98 Å². The summed E-state index contributed by atoms with van der Waals surface area (Å²) in [5, 5.41) is 15.8. The third-order valence-corrected chi connectivity index (χ3v) is 6.39. The van der Waals surface area contributed by atoms with E-state index in [0.717, 1.165) is 50.9 Å². The second kappa shape index (κ2) is 5.97. The number of nitrogens with zero attached hydrogens (tertiary/aromatic N) is 5. The van der Waals surface area contributed by atoms with Crippen molar-refractivity contribution >= 4 is 27.2 Å². The Bertz CT molecular complexity index is 1350. The average Bonchev–Trinajstić information content (AvgIpc) is 3.42. The molecule has 0 spiro atoms. The van der Waals surface area contributed by atoms with Crippen molar-refractivity contribution in [2.45, 2.75) is 32.6 Å². The van der Waals surface area contributed by atoms with E-state index in [1.54, 1.807) is 17.6 Å². The van der Waals surface area contributed by atoms with E-state index < -0.39 is 0 Å². The number of pyridine rings is 1. The zero-order valence-electron chi connectivity index (χ0n) is 15.3. The van der Waals surface area contributed by atoms with Gasteiger partial charge in [0.15, 0.2) is 5.82 Å². The second-order valence-electron chi connectivity index (χ2n) is 7.15. The summed E-state index contributed by atoms with van der Waals surface area (Å²) in [6, 6.07) is 10.3. The molecule has 0 atom stereocenters. The normalized spacial score (nSPS) is 14.0. The first-order valence-electron chi connectivity index (χ1n) is 9.47. The molecule has 7 heteroatoms. The molecule has 0 fully saturated rings. The maximum atomic E-state index is 5.45. The predicted molar refractivity (Wildman–Crippen MR) is 108 cm³/mol. The van der Waals surface area contributed by atoms with Crippen LogP contribution in [-0.4, -0.2) is 24.8 Å². The van der Waals surface area contributed by atoms with Gasteiger partial charge in [-0.25, -0.2) is 0 Å². The summed E-state index contributed by atoms with van der Waals surface area (Å²) in [5.41, 5.74) is 5.74. The number of rotatable bonds is 2. The number of aryl methyl sites for hydroxylation is 2. The van der Waals surface area contributed by atoms with Crippen molar-refractivity contribution in [1.29, 1.82) is 0 Å². The number of para-hydroxylation sites is 1. The summed E-state index contributed by atoms with van der Waals surface area (Å²) in [4.78, 5) is 5.73. The average molecular weight is 387 g/mol. The molecule has 0 radical (unpaired) electrons. The summed E-state index contributed by atoms with van der Waals surface area (Å²) in [5.74, 6) is 1.53. The Morgan fingerprint density at radius 1 is 1.07 bits per heavy atom. The van der Waals surface area contributed by atoms with Crippen LogP contribution in [0.2, 0.25) is 0 Å². The molecule has 0 saturated heterocycles. The summed E-state index contributed by atoms with van der Waals surface area (Å²) < 4.78 is 7.28. The van der Waals surface area contributed by atoms with E-state index in [1.807, 2.05) is 23.6 Å². The minimum Gasteiger partial charge on any atom is -0.469 e. The molecule has 6 nitrogen and oxygen atoms in total. The van der Waals surface area contributed by atoms with Gasteiger partial charge in [0.25, 0.3) is 0 Å². The molecule has 0 unspecified atom stereocenters.